The summed E-state index contributed by atoms with van der Waals surface area (Å²) in [4.78, 5) is 24.4. The van der Waals surface area contributed by atoms with Gasteiger partial charge >= 0.3 is 0 Å². The van der Waals surface area contributed by atoms with E-state index in [4.69, 9.17) is 9.47 Å². The van der Waals surface area contributed by atoms with Gasteiger partial charge in [0.1, 0.15) is 18.1 Å². The molecule has 1 atom stereocenters. The van der Waals surface area contributed by atoms with Crippen molar-refractivity contribution < 1.29 is 19.1 Å². The number of hydrazine groups is 1. The van der Waals surface area contributed by atoms with Crippen molar-refractivity contribution in [1.29, 1.82) is 0 Å². The Kier molecular flexibility index (Phi) is 6.19. The normalized spacial score (nSPS) is 15.4. The minimum Gasteiger partial charge on any atom is -0.492 e. The molecule has 1 aliphatic rings. The number of amides is 2. The van der Waals surface area contributed by atoms with Gasteiger partial charge in [-0.2, -0.15) is 0 Å². The van der Waals surface area contributed by atoms with E-state index >= 15 is 0 Å². The number of para-hydroxylation sites is 1. The maximum absolute atomic E-state index is 12.3. The Morgan fingerprint density at radius 2 is 1.96 bits per heavy atom. The van der Waals surface area contributed by atoms with E-state index in [1.54, 1.807) is 0 Å². The van der Waals surface area contributed by atoms with Crippen molar-refractivity contribution in [2.75, 3.05) is 13.2 Å². The molecule has 0 spiro atoms. The maximum atomic E-state index is 12.3. The third-order valence-corrected chi connectivity index (χ3v) is 4.72. The Hall–Kier alpha value is -3.02. The van der Waals surface area contributed by atoms with Crippen LogP contribution >= 0.6 is 0 Å². The summed E-state index contributed by atoms with van der Waals surface area (Å²) in [5, 5.41) is 0. The number of fused-ring (bicyclic) bond motifs is 1. The number of carbonyl (C=O) groups is 2. The molecule has 2 N–H and O–H groups in total. The lowest BCUT2D eigenvalue weighted by Gasteiger charge is -2.24. The van der Waals surface area contributed by atoms with Crippen molar-refractivity contribution in [3.05, 3.63) is 59.2 Å². The first-order valence-electron chi connectivity index (χ1n) is 9.46. The highest BCUT2D eigenvalue weighted by atomic mass is 16.5. The fraction of sp³-hybridized carbons (Fsp3) is 0.364. The molecule has 28 heavy (non-hydrogen) atoms. The van der Waals surface area contributed by atoms with E-state index in [0.29, 0.717) is 12.2 Å². The van der Waals surface area contributed by atoms with E-state index in [9.17, 15) is 9.59 Å². The molecule has 3 rings (SSSR count). The zero-order valence-corrected chi connectivity index (χ0v) is 16.5. The van der Waals surface area contributed by atoms with Crippen LogP contribution in [0.4, 0.5) is 0 Å². The fourth-order valence-corrected chi connectivity index (χ4v) is 3.15. The molecule has 2 aromatic rings. The lowest BCUT2D eigenvalue weighted by Crippen LogP contribution is -2.48. The summed E-state index contributed by atoms with van der Waals surface area (Å²) >= 11 is 0. The molecule has 2 amide bonds. The molecule has 1 aliphatic heterocycles. The minimum absolute atomic E-state index is 0.173. The van der Waals surface area contributed by atoms with Gasteiger partial charge in [-0.1, -0.05) is 44.2 Å². The van der Waals surface area contributed by atoms with Crippen LogP contribution in [0.25, 0.3) is 0 Å². The predicted molar refractivity (Wildman–Crippen MR) is 106 cm³/mol. The zero-order chi connectivity index (χ0) is 20.1. The van der Waals surface area contributed by atoms with Crippen molar-refractivity contribution in [3.8, 4) is 11.5 Å². The Balaban J connectivity index is 1.49. The number of ether oxygens (including phenoxy) is 2. The number of aryl methyl sites for hydroxylation is 1. The fourth-order valence-electron chi connectivity index (χ4n) is 3.15. The van der Waals surface area contributed by atoms with Crippen molar-refractivity contribution in [2.24, 2.45) is 5.92 Å². The first kappa shape index (κ1) is 19.7. The van der Waals surface area contributed by atoms with E-state index in [1.165, 1.54) is 0 Å². The van der Waals surface area contributed by atoms with Crippen molar-refractivity contribution >= 4 is 11.8 Å². The van der Waals surface area contributed by atoms with Crippen LogP contribution < -0.4 is 20.3 Å². The summed E-state index contributed by atoms with van der Waals surface area (Å²) in [6.07, 6.45) is 0.579. The van der Waals surface area contributed by atoms with Crippen LogP contribution in [-0.2, 0) is 16.0 Å². The average molecular weight is 382 g/mol. The van der Waals surface area contributed by atoms with E-state index in [-0.39, 0.29) is 31.0 Å². The van der Waals surface area contributed by atoms with E-state index in [0.717, 1.165) is 22.4 Å². The molecule has 0 bridgehead atoms. The number of hydrogen-bond acceptors (Lipinski definition) is 4. The first-order valence-corrected chi connectivity index (χ1v) is 9.46. The highest BCUT2D eigenvalue weighted by Crippen LogP contribution is 2.28. The van der Waals surface area contributed by atoms with Crippen molar-refractivity contribution in [2.45, 2.75) is 33.1 Å². The Bertz CT molecular complexity index is 863. The number of hydrogen-bond donors (Lipinski definition) is 2. The largest absolute Gasteiger partial charge is 0.492 e. The monoisotopic (exact) mass is 382 g/mol. The second-order valence-corrected chi connectivity index (χ2v) is 7.34. The molecule has 0 radical (unpaired) electrons. The second-order valence-electron chi connectivity index (χ2n) is 7.34. The molecule has 0 saturated carbocycles. The van der Waals surface area contributed by atoms with Gasteiger partial charge in [0, 0.05) is 0 Å². The third-order valence-electron chi connectivity index (χ3n) is 4.72. The third kappa shape index (κ3) is 4.82. The molecule has 0 aliphatic carbocycles. The Morgan fingerprint density at radius 1 is 1.18 bits per heavy atom. The van der Waals surface area contributed by atoms with Gasteiger partial charge in [-0.05, 0) is 48.1 Å². The molecular formula is C22H26N2O4. The smallest absolute Gasteiger partial charge is 0.276 e. The van der Waals surface area contributed by atoms with Gasteiger partial charge < -0.3 is 9.47 Å². The van der Waals surface area contributed by atoms with Crippen LogP contribution in [0.2, 0.25) is 0 Å². The van der Waals surface area contributed by atoms with Gasteiger partial charge in [0.15, 0.2) is 6.61 Å². The van der Waals surface area contributed by atoms with Crippen LogP contribution in [0, 0.1) is 12.8 Å². The Labute approximate surface area is 165 Å². The molecule has 6 heteroatoms. The van der Waals surface area contributed by atoms with Crippen LogP contribution in [0.5, 0.6) is 11.5 Å². The molecular weight excluding hydrogens is 356 g/mol. The van der Waals surface area contributed by atoms with E-state index in [2.05, 4.69) is 24.7 Å². The lowest BCUT2D eigenvalue weighted by atomic mass is 9.96. The van der Waals surface area contributed by atoms with Gasteiger partial charge in [0.05, 0.1) is 5.92 Å². The summed E-state index contributed by atoms with van der Waals surface area (Å²) < 4.78 is 11.3. The van der Waals surface area contributed by atoms with Crippen molar-refractivity contribution in [3.63, 3.8) is 0 Å². The standard InChI is InChI=1S/C22H26N2O4/c1-14(2)18-9-8-15(3)10-20(18)28-13-21(25)23-24-22(26)17-11-16-6-4-5-7-19(16)27-12-17/h4-10,14,17H,11-13H2,1-3H3,(H,23,25)(H,24,26). The van der Waals surface area contributed by atoms with Crippen LogP contribution in [-0.4, -0.2) is 25.0 Å². The predicted octanol–water partition coefficient (Wildman–Crippen LogP) is 2.90. The summed E-state index contributed by atoms with van der Waals surface area (Å²) in [5.41, 5.74) is 7.98. The zero-order valence-electron chi connectivity index (χ0n) is 16.5. The highest BCUT2D eigenvalue weighted by molar-refractivity contribution is 5.84. The average Bonchev–Trinajstić information content (AvgIpc) is 2.69. The van der Waals surface area contributed by atoms with Crippen LogP contribution in [0.15, 0.2) is 42.5 Å². The van der Waals surface area contributed by atoms with Gasteiger partial charge in [-0.25, -0.2) is 0 Å². The lowest BCUT2D eigenvalue weighted by molar-refractivity contribution is -0.132. The molecule has 2 aromatic carbocycles. The molecule has 0 saturated heterocycles. The maximum Gasteiger partial charge on any atom is 0.276 e. The van der Waals surface area contributed by atoms with Gasteiger partial charge in [-0.3, -0.25) is 20.4 Å². The van der Waals surface area contributed by atoms with E-state index in [1.807, 2.05) is 49.4 Å². The van der Waals surface area contributed by atoms with Gasteiger partial charge in [0.2, 0.25) is 5.91 Å². The first-order chi connectivity index (χ1) is 13.4. The topological polar surface area (TPSA) is 76.7 Å². The molecule has 148 valence electrons. The van der Waals surface area contributed by atoms with Crippen LogP contribution in [0.1, 0.15) is 36.5 Å². The number of benzene rings is 2. The summed E-state index contributed by atoms with van der Waals surface area (Å²) in [5.74, 6) is 0.743. The molecule has 1 heterocycles. The summed E-state index contributed by atoms with van der Waals surface area (Å²) in [6.45, 7) is 6.23. The SMILES string of the molecule is Cc1ccc(C(C)C)c(OCC(=O)NNC(=O)C2COc3ccccc3C2)c1. The minimum atomic E-state index is -0.415. The number of carbonyl (C=O) groups excluding carboxylic acids is 2. The van der Waals surface area contributed by atoms with Crippen molar-refractivity contribution in [1.82, 2.24) is 10.9 Å². The molecule has 0 aromatic heterocycles. The van der Waals surface area contributed by atoms with Gasteiger partial charge in [0.25, 0.3) is 5.91 Å². The summed E-state index contributed by atoms with van der Waals surface area (Å²) in [6, 6.07) is 13.6. The second kappa shape index (κ2) is 8.78. The molecule has 1 unspecified atom stereocenters. The molecule has 0 fully saturated rings. The van der Waals surface area contributed by atoms with Gasteiger partial charge in [-0.15, -0.1) is 0 Å². The number of nitrogens with one attached hydrogen (secondary N) is 2. The summed E-state index contributed by atoms with van der Waals surface area (Å²) in [7, 11) is 0. The highest BCUT2D eigenvalue weighted by Gasteiger charge is 2.26. The van der Waals surface area contributed by atoms with Crippen LogP contribution in [0.3, 0.4) is 0 Å². The Morgan fingerprint density at radius 3 is 2.75 bits per heavy atom. The molecule has 6 nitrogen and oxygen atoms in total. The number of rotatable bonds is 5. The van der Waals surface area contributed by atoms with E-state index < -0.39 is 5.91 Å². The quantitative estimate of drug-likeness (QED) is 0.780.